The number of alkyl halides is 3. The van der Waals surface area contributed by atoms with Crippen molar-refractivity contribution in [2.24, 2.45) is 0 Å². The number of sulfonamides is 1. The first-order valence-electron chi connectivity index (χ1n) is 8.96. The molecule has 1 aliphatic rings. The summed E-state index contributed by atoms with van der Waals surface area (Å²) in [5, 5.41) is 13.3. The number of aromatic nitrogens is 4. The fourth-order valence-corrected chi connectivity index (χ4v) is 4.70. The van der Waals surface area contributed by atoms with Gasteiger partial charge >= 0.3 is 6.18 Å². The molecule has 0 radical (unpaired) electrons. The van der Waals surface area contributed by atoms with E-state index in [1.165, 1.54) is 22.5 Å². The van der Waals surface area contributed by atoms with Crippen molar-refractivity contribution in [2.75, 3.05) is 31.6 Å². The molecule has 0 saturated carbocycles. The van der Waals surface area contributed by atoms with Crippen LogP contribution in [0.1, 0.15) is 11.4 Å². The van der Waals surface area contributed by atoms with Crippen LogP contribution >= 0.6 is 0 Å². The van der Waals surface area contributed by atoms with Crippen LogP contribution in [0.4, 0.5) is 19.0 Å². The Morgan fingerprint density at radius 3 is 2.53 bits per heavy atom. The minimum atomic E-state index is -4.70. The molecule has 0 amide bonds. The van der Waals surface area contributed by atoms with Crippen molar-refractivity contribution in [3.05, 3.63) is 47.8 Å². The van der Waals surface area contributed by atoms with Crippen molar-refractivity contribution in [2.45, 2.75) is 17.6 Å². The molecular weight excluding hydrogens is 425 g/mol. The summed E-state index contributed by atoms with van der Waals surface area (Å²) in [5.41, 5.74) is 0.411. The van der Waals surface area contributed by atoms with Gasteiger partial charge in [-0.2, -0.15) is 22.0 Å². The van der Waals surface area contributed by atoms with E-state index in [4.69, 9.17) is 4.74 Å². The SMILES string of the molecule is O=S(=O)(c1ccccc1CNc1ccc2nnc(C(F)(F)F)n2n1)N1CCOCC1. The number of benzene rings is 1. The average Bonchev–Trinajstić information content (AvgIpc) is 3.17. The number of morpholine rings is 1. The van der Waals surface area contributed by atoms with E-state index in [0.717, 1.165) is 0 Å². The van der Waals surface area contributed by atoms with E-state index < -0.39 is 22.0 Å². The zero-order valence-corrected chi connectivity index (χ0v) is 16.3. The van der Waals surface area contributed by atoms with Gasteiger partial charge < -0.3 is 10.1 Å². The summed E-state index contributed by atoms with van der Waals surface area (Å²) in [7, 11) is -3.73. The highest BCUT2D eigenvalue weighted by Gasteiger charge is 2.37. The lowest BCUT2D eigenvalue weighted by molar-refractivity contribution is -0.146. The van der Waals surface area contributed by atoms with E-state index in [2.05, 4.69) is 20.6 Å². The lowest BCUT2D eigenvalue weighted by atomic mass is 10.2. The van der Waals surface area contributed by atoms with Crippen molar-refractivity contribution >= 4 is 21.5 Å². The number of nitrogens with one attached hydrogen (secondary N) is 1. The van der Waals surface area contributed by atoms with E-state index in [0.29, 0.717) is 23.3 Å². The van der Waals surface area contributed by atoms with E-state index in [9.17, 15) is 21.6 Å². The van der Waals surface area contributed by atoms with Crippen LogP contribution in [0, 0.1) is 0 Å². The van der Waals surface area contributed by atoms with Gasteiger partial charge in [-0.3, -0.25) is 0 Å². The first-order valence-corrected chi connectivity index (χ1v) is 10.4. The molecule has 1 aromatic carbocycles. The van der Waals surface area contributed by atoms with Gasteiger partial charge in [0.1, 0.15) is 5.82 Å². The number of ether oxygens (including phenoxy) is 1. The molecule has 0 spiro atoms. The molecule has 1 saturated heterocycles. The summed E-state index contributed by atoms with van der Waals surface area (Å²) in [4.78, 5) is 0.126. The number of fused-ring (bicyclic) bond motifs is 1. The van der Waals surface area contributed by atoms with Crippen LogP contribution in [0.5, 0.6) is 0 Å². The van der Waals surface area contributed by atoms with Crippen LogP contribution in [-0.2, 0) is 27.5 Å². The van der Waals surface area contributed by atoms with Crippen molar-refractivity contribution in [1.82, 2.24) is 24.1 Å². The minimum Gasteiger partial charge on any atom is -0.379 e. The first kappa shape index (κ1) is 20.5. The fourth-order valence-electron chi connectivity index (χ4n) is 3.07. The molecule has 1 N–H and O–H groups in total. The predicted molar refractivity (Wildman–Crippen MR) is 99.1 cm³/mol. The summed E-state index contributed by atoms with van der Waals surface area (Å²) in [5.74, 6) is -1.12. The number of nitrogens with zero attached hydrogens (tertiary/aromatic N) is 5. The third kappa shape index (κ3) is 3.95. The Hall–Kier alpha value is -2.77. The van der Waals surface area contributed by atoms with Crippen LogP contribution < -0.4 is 5.32 Å². The summed E-state index contributed by atoms with van der Waals surface area (Å²) in [6.45, 7) is 1.21. The standard InChI is InChI=1S/C17H17F3N6O3S/c18-17(19,20)16-23-22-15-6-5-14(24-26(15)16)21-11-12-3-1-2-4-13(12)30(27,28)25-7-9-29-10-8-25/h1-6H,7-11H2,(H,21,24). The van der Waals surface area contributed by atoms with E-state index in [1.54, 1.807) is 18.2 Å². The van der Waals surface area contributed by atoms with Crippen molar-refractivity contribution in [3.8, 4) is 0 Å². The zero-order valence-electron chi connectivity index (χ0n) is 15.5. The summed E-state index contributed by atoms with van der Waals surface area (Å²) >= 11 is 0. The molecule has 3 heterocycles. The largest absolute Gasteiger partial charge is 0.453 e. The van der Waals surface area contributed by atoms with Crippen molar-refractivity contribution < 1.29 is 26.3 Å². The van der Waals surface area contributed by atoms with Gasteiger partial charge in [0, 0.05) is 19.6 Å². The van der Waals surface area contributed by atoms with Crippen LogP contribution in [0.2, 0.25) is 0 Å². The molecule has 0 atom stereocenters. The monoisotopic (exact) mass is 442 g/mol. The van der Waals surface area contributed by atoms with Gasteiger partial charge in [-0.05, 0) is 23.8 Å². The molecule has 0 aliphatic carbocycles. The lowest BCUT2D eigenvalue weighted by Crippen LogP contribution is -2.41. The number of hydrogen-bond donors (Lipinski definition) is 1. The van der Waals surface area contributed by atoms with Crippen molar-refractivity contribution in [3.63, 3.8) is 0 Å². The van der Waals surface area contributed by atoms with E-state index in [1.807, 2.05) is 0 Å². The maximum atomic E-state index is 13.0. The molecule has 0 bridgehead atoms. The molecule has 9 nitrogen and oxygen atoms in total. The third-order valence-electron chi connectivity index (χ3n) is 4.54. The number of rotatable bonds is 5. The lowest BCUT2D eigenvalue weighted by Gasteiger charge is -2.27. The van der Waals surface area contributed by atoms with Gasteiger partial charge in [0.2, 0.25) is 10.0 Å². The van der Waals surface area contributed by atoms with Crippen molar-refractivity contribution in [1.29, 1.82) is 0 Å². The van der Waals surface area contributed by atoms with E-state index in [-0.39, 0.29) is 36.0 Å². The zero-order chi connectivity index (χ0) is 21.4. The Labute approximate surface area is 169 Å². The molecule has 30 heavy (non-hydrogen) atoms. The average molecular weight is 442 g/mol. The number of hydrogen-bond acceptors (Lipinski definition) is 7. The fraction of sp³-hybridized carbons (Fsp3) is 0.353. The van der Waals surface area contributed by atoms with Crippen LogP contribution in [0.25, 0.3) is 5.65 Å². The molecular formula is C17H17F3N6O3S. The van der Waals surface area contributed by atoms with Gasteiger partial charge in [0.05, 0.1) is 18.1 Å². The van der Waals surface area contributed by atoms with E-state index >= 15 is 0 Å². The normalized spacial score (nSPS) is 16.1. The Bertz CT molecular complexity index is 1160. The second-order valence-corrected chi connectivity index (χ2v) is 8.39. The van der Waals surface area contributed by atoms with Crippen LogP contribution in [-0.4, -0.2) is 58.8 Å². The molecule has 1 fully saturated rings. The maximum Gasteiger partial charge on any atom is 0.453 e. The smallest absolute Gasteiger partial charge is 0.379 e. The van der Waals surface area contributed by atoms with Gasteiger partial charge in [0.15, 0.2) is 5.65 Å². The predicted octanol–water partition coefficient (Wildman–Crippen LogP) is 1.78. The first-order chi connectivity index (χ1) is 14.3. The van der Waals surface area contributed by atoms with Gasteiger partial charge in [-0.1, -0.05) is 18.2 Å². The molecule has 4 rings (SSSR count). The molecule has 1 aliphatic heterocycles. The Morgan fingerprint density at radius 2 is 1.80 bits per heavy atom. The second-order valence-electron chi connectivity index (χ2n) is 6.49. The summed E-state index contributed by atoms with van der Waals surface area (Å²) < 4.78 is 72.2. The van der Waals surface area contributed by atoms with Crippen LogP contribution in [0.15, 0.2) is 41.3 Å². The summed E-state index contributed by atoms with van der Waals surface area (Å²) in [6, 6.07) is 9.23. The topological polar surface area (TPSA) is 102 Å². The molecule has 2 aromatic heterocycles. The van der Waals surface area contributed by atoms with Gasteiger partial charge in [0.25, 0.3) is 5.82 Å². The third-order valence-corrected chi connectivity index (χ3v) is 6.54. The van der Waals surface area contributed by atoms with Gasteiger partial charge in [-0.15, -0.1) is 15.3 Å². The highest BCUT2D eigenvalue weighted by atomic mass is 32.2. The highest BCUT2D eigenvalue weighted by molar-refractivity contribution is 7.89. The van der Waals surface area contributed by atoms with Crippen LogP contribution in [0.3, 0.4) is 0 Å². The van der Waals surface area contributed by atoms with Gasteiger partial charge in [-0.25, -0.2) is 8.42 Å². The molecule has 3 aromatic rings. The number of halogens is 3. The molecule has 0 unspecified atom stereocenters. The highest BCUT2D eigenvalue weighted by Crippen LogP contribution is 2.28. The number of anilines is 1. The molecule has 13 heteroatoms. The second kappa shape index (κ2) is 7.81. The Kier molecular flexibility index (Phi) is 5.34. The quantitative estimate of drug-likeness (QED) is 0.643. The summed E-state index contributed by atoms with van der Waals surface area (Å²) in [6.07, 6.45) is -4.70. The maximum absolute atomic E-state index is 13.0. The minimum absolute atomic E-state index is 0.0434. The Balaban J connectivity index is 1.59. The Morgan fingerprint density at radius 1 is 1.07 bits per heavy atom. The molecule has 160 valence electrons.